The van der Waals surface area contributed by atoms with Gasteiger partial charge >= 0.3 is 0 Å². The number of aryl methyl sites for hydroxylation is 3. The van der Waals surface area contributed by atoms with Gasteiger partial charge in [0.15, 0.2) is 0 Å². The van der Waals surface area contributed by atoms with Crippen molar-refractivity contribution in [2.45, 2.75) is 47.0 Å². The Morgan fingerprint density at radius 3 is 1.95 bits per heavy atom. The monoisotopic (exact) mass is 257 g/mol. The summed E-state index contributed by atoms with van der Waals surface area (Å²) in [5.74, 6) is 0. The molecule has 0 aliphatic heterocycles. The average molecular weight is 257 g/mol. The van der Waals surface area contributed by atoms with E-state index in [9.17, 15) is 0 Å². The highest BCUT2D eigenvalue weighted by molar-refractivity contribution is 5.79. The number of aromatic nitrogens is 2. The van der Waals surface area contributed by atoms with Crippen LogP contribution in [0.4, 0.5) is 5.69 Å². The summed E-state index contributed by atoms with van der Waals surface area (Å²) in [7, 11) is 0. The Bertz CT molecular complexity index is 592. The summed E-state index contributed by atoms with van der Waals surface area (Å²) >= 11 is 0. The minimum atomic E-state index is 0.154. The second-order valence-corrected chi connectivity index (χ2v) is 6.35. The fourth-order valence-corrected chi connectivity index (χ4v) is 2.40. The second-order valence-electron chi connectivity index (χ2n) is 6.35. The molecule has 0 saturated heterocycles. The van der Waals surface area contributed by atoms with Crippen LogP contribution in [0.25, 0.3) is 11.3 Å². The van der Waals surface area contributed by atoms with E-state index in [-0.39, 0.29) is 5.41 Å². The molecule has 3 N–H and O–H groups in total. The highest BCUT2D eigenvalue weighted by Crippen LogP contribution is 2.34. The standard InChI is InChI=1S/C16H23N3/c1-9-7-12(16(4,5)6)8-10(2)13(9)15-14(17)11(3)18-19-15/h7-8H,17H2,1-6H3,(H,18,19). The summed E-state index contributed by atoms with van der Waals surface area (Å²) in [4.78, 5) is 0. The van der Waals surface area contributed by atoms with Crippen molar-refractivity contribution in [3.63, 3.8) is 0 Å². The Kier molecular flexibility index (Phi) is 3.17. The van der Waals surface area contributed by atoms with E-state index < -0.39 is 0 Å². The predicted molar refractivity (Wildman–Crippen MR) is 81.3 cm³/mol. The van der Waals surface area contributed by atoms with E-state index in [0.717, 1.165) is 22.6 Å². The Morgan fingerprint density at radius 1 is 1.05 bits per heavy atom. The number of hydrogen-bond donors (Lipinski definition) is 2. The third-order valence-electron chi connectivity index (χ3n) is 3.63. The van der Waals surface area contributed by atoms with Crippen molar-refractivity contribution in [2.24, 2.45) is 0 Å². The first-order valence-corrected chi connectivity index (χ1v) is 6.64. The summed E-state index contributed by atoms with van der Waals surface area (Å²) in [5.41, 5.74) is 13.7. The molecule has 0 aliphatic carbocycles. The summed E-state index contributed by atoms with van der Waals surface area (Å²) < 4.78 is 0. The van der Waals surface area contributed by atoms with Crippen LogP contribution in [0.2, 0.25) is 0 Å². The first-order chi connectivity index (χ1) is 8.71. The molecule has 0 fully saturated rings. The molecule has 1 aromatic carbocycles. The zero-order valence-electron chi connectivity index (χ0n) is 12.7. The maximum absolute atomic E-state index is 6.10. The van der Waals surface area contributed by atoms with Crippen LogP contribution in [0.15, 0.2) is 12.1 Å². The van der Waals surface area contributed by atoms with Crippen LogP contribution in [0, 0.1) is 20.8 Å². The van der Waals surface area contributed by atoms with E-state index in [0.29, 0.717) is 0 Å². The molecule has 0 radical (unpaired) electrons. The van der Waals surface area contributed by atoms with Gasteiger partial charge in [-0.15, -0.1) is 0 Å². The van der Waals surface area contributed by atoms with Crippen LogP contribution in [0.1, 0.15) is 43.2 Å². The van der Waals surface area contributed by atoms with E-state index in [1.807, 2.05) is 6.92 Å². The van der Waals surface area contributed by atoms with Gasteiger partial charge in [0.25, 0.3) is 0 Å². The lowest BCUT2D eigenvalue weighted by Crippen LogP contribution is -2.12. The van der Waals surface area contributed by atoms with E-state index in [1.54, 1.807) is 0 Å². The largest absolute Gasteiger partial charge is 0.395 e. The van der Waals surface area contributed by atoms with Crippen molar-refractivity contribution in [1.29, 1.82) is 0 Å². The number of hydrogen-bond acceptors (Lipinski definition) is 2. The van der Waals surface area contributed by atoms with Gasteiger partial charge < -0.3 is 5.73 Å². The fraction of sp³-hybridized carbons (Fsp3) is 0.438. The van der Waals surface area contributed by atoms with Crippen LogP contribution in [-0.2, 0) is 5.41 Å². The van der Waals surface area contributed by atoms with Crippen molar-refractivity contribution in [3.05, 3.63) is 34.5 Å². The van der Waals surface area contributed by atoms with E-state index in [2.05, 4.69) is 56.9 Å². The quantitative estimate of drug-likeness (QED) is 0.814. The molecule has 3 nitrogen and oxygen atoms in total. The topological polar surface area (TPSA) is 54.7 Å². The highest BCUT2D eigenvalue weighted by Gasteiger charge is 2.19. The molecule has 19 heavy (non-hydrogen) atoms. The van der Waals surface area contributed by atoms with Gasteiger partial charge in [0.05, 0.1) is 11.4 Å². The molecule has 0 bridgehead atoms. The van der Waals surface area contributed by atoms with Crippen LogP contribution >= 0.6 is 0 Å². The molecule has 2 aromatic rings. The molecule has 0 unspecified atom stereocenters. The molecular formula is C16H23N3. The molecule has 0 spiro atoms. The average Bonchev–Trinajstić information content (AvgIpc) is 2.59. The van der Waals surface area contributed by atoms with Gasteiger partial charge in [-0.2, -0.15) is 5.10 Å². The molecule has 102 valence electrons. The normalized spacial score (nSPS) is 11.9. The number of rotatable bonds is 1. The molecule has 1 aromatic heterocycles. The van der Waals surface area contributed by atoms with Crippen molar-refractivity contribution >= 4 is 5.69 Å². The smallest absolute Gasteiger partial charge is 0.116 e. The van der Waals surface area contributed by atoms with Crippen LogP contribution in [0.5, 0.6) is 0 Å². The Labute approximate surface area is 115 Å². The summed E-state index contributed by atoms with van der Waals surface area (Å²) in [6.07, 6.45) is 0. The SMILES string of the molecule is Cc1cc(C(C)(C)C)cc(C)c1-c1n[nH]c(C)c1N. The predicted octanol–water partition coefficient (Wildman–Crippen LogP) is 3.88. The van der Waals surface area contributed by atoms with Gasteiger partial charge in [-0.05, 0) is 42.9 Å². The van der Waals surface area contributed by atoms with Crippen molar-refractivity contribution in [3.8, 4) is 11.3 Å². The zero-order valence-corrected chi connectivity index (χ0v) is 12.7. The number of benzene rings is 1. The van der Waals surface area contributed by atoms with Gasteiger partial charge in [-0.3, -0.25) is 5.10 Å². The summed E-state index contributed by atoms with van der Waals surface area (Å²) in [5, 5.41) is 7.31. The number of aromatic amines is 1. The maximum atomic E-state index is 6.10. The number of nitrogens with one attached hydrogen (secondary N) is 1. The fourth-order valence-electron chi connectivity index (χ4n) is 2.40. The van der Waals surface area contributed by atoms with Crippen molar-refractivity contribution in [1.82, 2.24) is 10.2 Å². The van der Waals surface area contributed by atoms with E-state index in [4.69, 9.17) is 5.73 Å². The lowest BCUT2D eigenvalue weighted by Gasteiger charge is -2.22. The first-order valence-electron chi connectivity index (χ1n) is 6.64. The molecule has 2 rings (SSSR count). The van der Waals surface area contributed by atoms with Gasteiger partial charge in [-0.1, -0.05) is 32.9 Å². The molecule has 0 atom stereocenters. The molecule has 0 amide bonds. The number of H-pyrrole nitrogens is 1. The highest BCUT2D eigenvalue weighted by atomic mass is 15.1. The van der Waals surface area contributed by atoms with Gasteiger partial charge in [0, 0.05) is 5.56 Å². The minimum Gasteiger partial charge on any atom is -0.395 e. The molecule has 1 heterocycles. The van der Waals surface area contributed by atoms with E-state index in [1.165, 1.54) is 16.7 Å². The van der Waals surface area contributed by atoms with Crippen molar-refractivity contribution < 1.29 is 0 Å². The van der Waals surface area contributed by atoms with Gasteiger partial charge in [0.1, 0.15) is 5.69 Å². The Morgan fingerprint density at radius 2 is 1.58 bits per heavy atom. The Balaban J connectivity index is 2.64. The lowest BCUT2D eigenvalue weighted by atomic mass is 9.83. The molecule has 3 heteroatoms. The number of anilines is 1. The third kappa shape index (κ3) is 2.37. The second kappa shape index (κ2) is 4.41. The third-order valence-corrected chi connectivity index (χ3v) is 3.63. The van der Waals surface area contributed by atoms with E-state index >= 15 is 0 Å². The number of nitrogen functional groups attached to an aromatic ring is 1. The van der Waals surface area contributed by atoms with Gasteiger partial charge in [0.2, 0.25) is 0 Å². The van der Waals surface area contributed by atoms with Crippen LogP contribution in [0.3, 0.4) is 0 Å². The van der Waals surface area contributed by atoms with Crippen molar-refractivity contribution in [2.75, 3.05) is 5.73 Å². The molecular weight excluding hydrogens is 234 g/mol. The number of nitrogens with zero attached hydrogens (tertiary/aromatic N) is 1. The zero-order chi connectivity index (χ0) is 14.4. The Hall–Kier alpha value is -1.77. The summed E-state index contributed by atoms with van der Waals surface area (Å²) in [6.45, 7) is 12.9. The summed E-state index contributed by atoms with van der Waals surface area (Å²) in [6, 6.07) is 4.48. The molecule has 0 aliphatic rings. The number of nitrogens with two attached hydrogens (primary N) is 1. The first kappa shape index (κ1) is 13.7. The van der Waals surface area contributed by atoms with Crippen LogP contribution < -0.4 is 5.73 Å². The van der Waals surface area contributed by atoms with Crippen LogP contribution in [-0.4, -0.2) is 10.2 Å². The van der Waals surface area contributed by atoms with Gasteiger partial charge in [-0.25, -0.2) is 0 Å². The maximum Gasteiger partial charge on any atom is 0.116 e. The minimum absolute atomic E-state index is 0.154. The lowest BCUT2D eigenvalue weighted by molar-refractivity contribution is 0.589. The molecule has 0 saturated carbocycles.